The molecule has 1 unspecified atom stereocenters. The average molecular weight is 238 g/mol. The number of aryl methyl sites for hydroxylation is 1. The van der Waals surface area contributed by atoms with Crippen LogP contribution in [0.5, 0.6) is 0 Å². The molecular formula is C12H18N2OS. The van der Waals surface area contributed by atoms with E-state index in [9.17, 15) is 4.79 Å². The van der Waals surface area contributed by atoms with Crippen LogP contribution in [0.2, 0.25) is 0 Å². The van der Waals surface area contributed by atoms with Crippen molar-refractivity contribution in [3.63, 3.8) is 0 Å². The molecule has 0 aliphatic carbocycles. The van der Waals surface area contributed by atoms with Crippen LogP contribution >= 0.6 is 11.8 Å². The lowest BCUT2D eigenvalue weighted by Gasteiger charge is -2.29. The smallest absolute Gasteiger partial charge is 0.193 e. The van der Waals surface area contributed by atoms with Gasteiger partial charge in [0.15, 0.2) is 5.78 Å². The second-order valence-electron chi connectivity index (χ2n) is 4.34. The van der Waals surface area contributed by atoms with Gasteiger partial charge in [0.05, 0.1) is 12.2 Å². The van der Waals surface area contributed by atoms with Gasteiger partial charge in [-0.1, -0.05) is 6.92 Å². The molecule has 0 saturated carbocycles. The topological polar surface area (TPSA) is 25.2 Å². The first-order chi connectivity index (χ1) is 7.66. The van der Waals surface area contributed by atoms with E-state index in [-0.39, 0.29) is 5.78 Å². The number of aromatic nitrogens is 1. The molecule has 2 heterocycles. The number of thioether (sulfide) groups is 1. The molecule has 4 heteroatoms. The van der Waals surface area contributed by atoms with Gasteiger partial charge in [-0.25, -0.2) is 0 Å². The molecule has 1 aromatic heterocycles. The second-order valence-corrected chi connectivity index (χ2v) is 5.89. The molecule has 1 aliphatic heterocycles. The van der Waals surface area contributed by atoms with Crippen molar-refractivity contribution >= 4 is 17.5 Å². The predicted molar refractivity (Wildman–Crippen MR) is 68.1 cm³/mol. The van der Waals surface area contributed by atoms with E-state index in [4.69, 9.17) is 0 Å². The minimum atomic E-state index is 0.228. The normalized spacial score (nSPS) is 22.2. The van der Waals surface area contributed by atoms with Crippen molar-refractivity contribution in [2.75, 3.05) is 25.4 Å². The van der Waals surface area contributed by atoms with Gasteiger partial charge in [-0.2, -0.15) is 11.8 Å². The fourth-order valence-corrected chi connectivity index (χ4v) is 3.15. The Morgan fingerprint density at radius 2 is 2.44 bits per heavy atom. The molecule has 1 aromatic rings. The summed E-state index contributed by atoms with van der Waals surface area (Å²) in [5.41, 5.74) is 0.811. The first kappa shape index (κ1) is 11.7. The highest BCUT2D eigenvalue weighted by atomic mass is 32.2. The van der Waals surface area contributed by atoms with Crippen molar-refractivity contribution in [2.24, 2.45) is 7.05 Å². The van der Waals surface area contributed by atoms with Crippen molar-refractivity contribution in [3.8, 4) is 0 Å². The first-order valence-electron chi connectivity index (χ1n) is 5.65. The van der Waals surface area contributed by atoms with Crippen LogP contribution < -0.4 is 0 Å². The summed E-state index contributed by atoms with van der Waals surface area (Å²) in [5, 5.41) is 0.648. The van der Waals surface area contributed by atoms with E-state index in [0.717, 1.165) is 24.5 Å². The average Bonchev–Trinajstić information content (AvgIpc) is 2.64. The van der Waals surface area contributed by atoms with E-state index < -0.39 is 0 Å². The molecule has 3 nitrogen and oxygen atoms in total. The monoisotopic (exact) mass is 238 g/mol. The molecule has 1 saturated heterocycles. The Balaban J connectivity index is 1.95. The van der Waals surface area contributed by atoms with Gasteiger partial charge in [0.25, 0.3) is 0 Å². The van der Waals surface area contributed by atoms with Gasteiger partial charge in [-0.3, -0.25) is 9.69 Å². The molecule has 0 N–H and O–H groups in total. The SMILES string of the molecule is CC1CN(CC(=O)c2cccn2C)CCS1. The van der Waals surface area contributed by atoms with E-state index >= 15 is 0 Å². The summed E-state index contributed by atoms with van der Waals surface area (Å²) in [6, 6.07) is 3.81. The summed E-state index contributed by atoms with van der Waals surface area (Å²) in [6.45, 7) is 4.85. The van der Waals surface area contributed by atoms with Crippen molar-refractivity contribution in [2.45, 2.75) is 12.2 Å². The molecule has 0 aromatic carbocycles. The number of rotatable bonds is 3. The minimum Gasteiger partial charge on any atom is -0.348 e. The summed E-state index contributed by atoms with van der Waals surface area (Å²) in [6.07, 6.45) is 1.92. The van der Waals surface area contributed by atoms with Crippen LogP contribution in [0.15, 0.2) is 18.3 Å². The zero-order chi connectivity index (χ0) is 11.5. The van der Waals surface area contributed by atoms with Gasteiger partial charge < -0.3 is 4.57 Å². The van der Waals surface area contributed by atoms with Crippen molar-refractivity contribution in [1.29, 1.82) is 0 Å². The van der Waals surface area contributed by atoms with Crippen LogP contribution in [0.25, 0.3) is 0 Å². The van der Waals surface area contributed by atoms with Crippen LogP contribution in [0.1, 0.15) is 17.4 Å². The zero-order valence-electron chi connectivity index (χ0n) is 9.85. The Hall–Kier alpha value is -0.740. The molecule has 2 rings (SSSR count). The summed E-state index contributed by atoms with van der Waals surface area (Å²) >= 11 is 1.99. The van der Waals surface area contributed by atoms with E-state index in [1.165, 1.54) is 0 Å². The summed E-state index contributed by atoms with van der Waals surface area (Å²) < 4.78 is 1.89. The number of nitrogens with zero attached hydrogens (tertiary/aromatic N) is 2. The number of carbonyl (C=O) groups excluding carboxylic acids is 1. The Bertz CT molecular complexity index is 375. The molecule has 16 heavy (non-hydrogen) atoms. The lowest BCUT2D eigenvalue weighted by atomic mass is 10.2. The number of carbonyl (C=O) groups is 1. The Labute approximate surface area is 101 Å². The molecule has 1 fully saturated rings. The third-order valence-electron chi connectivity index (χ3n) is 2.92. The Morgan fingerprint density at radius 3 is 3.06 bits per heavy atom. The molecule has 1 atom stereocenters. The summed E-state index contributed by atoms with van der Waals surface area (Å²) in [7, 11) is 1.92. The van der Waals surface area contributed by atoms with Crippen LogP contribution in [-0.4, -0.2) is 45.9 Å². The largest absolute Gasteiger partial charge is 0.348 e. The highest BCUT2D eigenvalue weighted by molar-refractivity contribution is 7.99. The third kappa shape index (κ3) is 2.68. The minimum absolute atomic E-state index is 0.228. The summed E-state index contributed by atoms with van der Waals surface area (Å²) in [4.78, 5) is 14.3. The third-order valence-corrected chi connectivity index (χ3v) is 4.06. The number of hydrogen-bond donors (Lipinski definition) is 0. The quantitative estimate of drug-likeness (QED) is 0.749. The van der Waals surface area contributed by atoms with Gasteiger partial charge in [-0.15, -0.1) is 0 Å². The fraction of sp³-hybridized carbons (Fsp3) is 0.583. The van der Waals surface area contributed by atoms with E-state index in [1.54, 1.807) is 0 Å². The first-order valence-corrected chi connectivity index (χ1v) is 6.70. The molecule has 0 bridgehead atoms. The lowest BCUT2D eigenvalue weighted by molar-refractivity contribution is 0.0926. The molecule has 0 amide bonds. The predicted octanol–water partition coefficient (Wildman–Crippen LogP) is 1.65. The maximum Gasteiger partial charge on any atom is 0.193 e. The second kappa shape index (κ2) is 5.06. The van der Waals surface area contributed by atoms with Gasteiger partial charge in [0, 0.05) is 37.3 Å². The zero-order valence-corrected chi connectivity index (χ0v) is 10.7. The molecule has 0 spiro atoms. The van der Waals surface area contributed by atoms with Crippen molar-refractivity contribution in [1.82, 2.24) is 9.47 Å². The van der Waals surface area contributed by atoms with E-state index in [1.807, 2.05) is 41.7 Å². The van der Waals surface area contributed by atoms with E-state index in [2.05, 4.69) is 11.8 Å². The van der Waals surface area contributed by atoms with Gasteiger partial charge in [-0.05, 0) is 12.1 Å². The Morgan fingerprint density at radius 1 is 1.62 bits per heavy atom. The lowest BCUT2D eigenvalue weighted by Crippen LogP contribution is -2.40. The standard InChI is InChI=1S/C12H18N2OS/c1-10-8-14(6-7-16-10)9-12(15)11-4-3-5-13(11)2/h3-5,10H,6-9H2,1-2H3. The number of Topliss-reactive ketones (excluding diaryl/α,β-unsaturated/α-hetero) is 1. The number of ketones is 1. The molecule has 1 aliphatic rings. The molecular weight excluding hydrogens is 220 g/mol. The maximum absolute atomic E-state index is 12.0. The molecule has 88 valence electrons. The van der Waals surface area contributed by atoms with Gasteiger partial charge in [0.2, 0.25) is 0 Å². The fourth-order valence-electron chi connectivity index (χ4n) is 2.07. The van der Waals surface area contributed by atoms with Gasteiger partial charge >= 0.3 is 0 Å². The highest BCUT2D eigenvalue weighted by Gasteiger charge is 2.20. The van der Waals surface area contributed by atoms with Crippen LogP contribution in [0.3, 0.4) is 0 Å². The number of hydrogen-bond acceptors (Lipinski definition) is 3. The van der Waals surface area contributed by atoms with Crippen LogP contribution in [0, 0.1) is 0 Å². The van der Waals surface area contributed by atoms with E-state index in [0.29, 0.717) is 11.8 Å². The maximum atomic E-state index is 12.0. The Kier molecular flexibility index (Phi) is 3.71. The van der Waals surface area contributed by atoms with Crippen molar-refractivity contribution in [3.05, 3.63) is 24.0 Å². The molecule has 0 radical (unpaired) electrons. The van der Waals surface area contributed by atoms with Crippen LogP contribution in [0.4, 0.5) is 0 Å². The van der Waals surface area contributed by atoms with Crippen molar-refractivity contribution < 1.29 is 4.79 Å². The van der Waals surface area contributed by atoms with Crippen LogP contribution in [-0.2, 0) is 7.05 Å². The van der Waals surface area contributed by atoms with Gasteiger partial charge in [0.1, 0.15) is 0 Å². The summed E-state index contributed by atoms with van der Waals surface area (Å²) in [5.74, 6) is 1.37. The highest BCUT2D eigenvalue weighted by Crippen LogP contribution is 2.17.